The van der Waals surface area contributed by atoms with Crippen molar-refractivity contribution >= 4 is 22.9 Å². The standard InChI is InChI=1S/C23H24FN5O3/c1-32-22-15-19(4-7-21(22)29(30)31)26-16-17-8-9-25-23(14-17)28-12-10-27(11-13-28)20-5-2-18(24)3-6-20/h2-9,14-15,26H,10-13,16H2,1H3. The van der Waals surface area contributed by atoms with E-state index in [1.807, 2.05) is 24.3 Å². The second kappa shape index (κ2) is 9.51. The Morgan fingerprint density at radius 2 is 1.78 bits per heavy atom. The summed E-state index contributed by atoms with van der Waals surface area (Å²) in [5, 5.41) is 14.3. The number of nitro groups is 1. The van der Waals surface area contributed by atoms with E-state index >= 15 is 0 Å². The van der Waals surface area contributed by atoms with Crippen molar-refractivity contribution in [1.82, 2.24) is 4.98 Å². The van der Waals surface area contributed by atoms with Gasteiger partial charge in [-0.15, -0.1) is 0 Å². The van der Waals surface area contributed by atoms with Crippen molar-refractivity contribution in [1.29, 1.82) is 0 Å². The molecule has 0 saturated carbocycles. The zero-order valence-electron chi connectivity index (χ0n) is 17.7. The van der Waals surface area contributed by atoms with Gasteiger partial charge in [0.1, 0.15) is 11.6 Å². The first-order valence-electron chi connectivity index (χ1n) is 10.3. The van der Waals surface area contributed by atoms with E-state index in [-0.39, 0.29) is 17.3 Å². The van der Waals surface area contributed by atoms with Gasteiger partial charge in [-0.2, -0.15) is 0 Å². The van der Waals surface area contributed by atoms with Crippen molar-refractivity contribution in [2.24, 2.45) is 0 Å². The molecule has 0 bridgehead atoms. The maximum Gasteiger partial charge on any atom is 0.311 e. The highest BCUT2D eigenvalue weighted by Gasteiger charge is 2.19. The summed E-state index contributed by atoms with van der Waals surface area (Å²) in [6.07, 6.45) is 1.79. The molecule has 0 atom stereocenters. The Morgan fingerprint density at radius 3 is 2.47 bits per heavy atom. The lowest BCUT2D eigenvalue weighted by molar-refractivity contribution is -0.385. The number of benzene rings is 2. The summed E-state index contributed by atoms with van der Waals surface area (Å²) in [7, 11) is 1.41. The molecule has 0 amide bonds. The average molecular weight is 437 g/mol. The molecule has 1 saturated heterocycles. The van der Waals surface area contributed by atoms with E-state index in [4.69, 9.17) is 4.74 Å². The van der Waals surface area contributed by atoms with Crippen LogP contribution in [0.5, 0.6) is 5.75 Å². The number of methoxy groups -OCH3 is 1. The second-order valence-corrected chi connectivity index (χ2v) is 7.47. The van der Waals surface area contributed by atoms with Gasteiger partial charge in [-0.1, -0.05) is 0 Å². The number of halogens is 1. The summed E-state index contributed by atoms with van der Waals surface area (Å²) in [5.74, 6) is 0.896. The van der Waals surface area contributed by atoms with Gasteiger partial charge in [-0.05, 0) is 48.0 Å². The number of anilines is 3. The molecular formula is C23H24FN5O3. The van der Waals surface area contributed by atoms with Crippen LogP contribution in [0.2, 0.25) is 0 Å². The van der Waals surface area contributed by atoms with Crippen LogP contribution in [0.1, 0.15) is 5.56 Å². The number of nitro benzene ring substituents is 1. The van der Waals surface area contributed by atoms with Crippen molar-refractivity contribution in [2.45, 2.75) is 6.54 Å². The molecule has 0 unspecified atom stereocenters. The molecule has 1 aliphatic heterocycles. The highest BCUT2D eigenvalue weighted by molar-refractivity contribution is 5.58. The van der Waals surface area contributed by atoms with Gasteiger partial charge in [-0.25, -0.2) is 9.37 Å². The van der Waals surface area contributed by atoms with Crippen LogP contribution in [-0.2, 0) is 6.54 Å². The first-order chi connectivity index (χ1) is 15.5. The summed E-state index contributed by atoms with van der Waals surface area (Å²) >= 11 is 0. The van der Waals surface area contributed by atoms with Crippen molar-refractivity contribution in [2.75, 3.05) is 48.4 Å². The minimum atomic E-state index is -0.465. The third-order valence-electron chi connectivity index (χ3n) is 5.48. The highest BCUT2D eigenvalue weighted by atomic mass is 19.1. The Kier molecular flexibility index (Phi) is 6.34. The lowest BCUT2D eigenvalue weighted by Gasteiger charge is -2.36. The van der Waals surface area contributed by atoms with Crippen LogP contribution < -0.4 is 19.9 Å². The number of hydrogen-bond donors (Lipinski definition) is 1. The molecule has 9 heteroatoms. The third kappa shape index (κ3) is 4.88. The monoisotopic (exact) mass is 437 g/mol. The van der Waals surface area contributed by atoms with Crippen LogP contribution >= 0.6 is 0 Å². The van der Waals surface area contributed by atoms with Crippen LogP contribution in [0.25, 0.3) is 0 Å². The largest absolute Gasteiger partial charge is 0.490 e. The normalized spacial score (nSPS) is 13.7. The first-order valence-corrected chi connectivity index (χ1v) is 10.3. The van der Waals surface area contributed by atoms with E-state index in [2.05, 4.69) is 20.1 Å². The molecule has 8 nitrogen and oxygen atoms in total. The molecule has 0 aliphatic carbocycles. The molecule has 32 heavy (non-hydrogen) atoms. The van der Waals surface area contributed by atoms with Gasteiger partial charge >= 0.3 is 5.69 Å². The Morgan fingerprint density at radius 1 is 1.06 bits per heavy atom. The predicted molar refractivity (Wildman–Crippen MR) is 122 cm³/mol. The van der Waals surface area contributed by atoms with Crippen LogP contribution in [-0.4, -0.2) is 43.2 Å². The van der Waals surface area contributed by atoms with Gasteiger partial charge in [0.05, 0.1) is 12.0 Å². The van der Waals surface area contributed by atoms with E-state index in [1.54, 1.807) is 18.3 Å². The molecule has 2 aromatic carbocycles. The second-order valence-electron chi connectivity index (χ2n) is 7.47. The molecule has 1 aromatic heterocycles. The molecule has 2 heterocycles. The average Bonchev–Trinajstić information content (AvgIpc) is 2.83. The minimum absolute atomic E-state index is 0.0657. The van der Waals surface area contributed by atoms with Gasteiger partial charge in [-0.3, -0.25) is 10.1 Å². The minimum Gasteiger partial charge on any atom is -0.490 e. The molecule has 3 aromatic rings. The maximum atomic E-state index is 13.2. The van der Waals surface area contributed by atoms with E-state index in [1.165, 1.54) is 25.3 Å². The number of hydrogen-bond acceptors (Lipinski definition) is 7. The van der Waals surface area contributed by atoms with Gasteiger partial charge in [0.25, 0.3) is 0 Å². The fourth-order valence-electron chi connectivity index (χ4n) is 3.73. The van der Waals surface area contributed by atoms with Crippen molar-refractivity contribution in [3.8, 4) is 5.75 Å². The highest BCUT2D eigenvalue weighted by Crippen LogP contribution is 2.30. The molecule has 166 valence electrons. The smallest absolute Gasteiger partial charge is 0.311 e. The van der Waals surface area contributed by atoms with Crippen molar-refractivity contribution in [3.63, 3.8) is 0 Å². The molecule has 0 radical (unpaired) electrons. The lowest BCUT2D eigenvalue weighted by Crippen LogP contribution is -2.46. The summed E-state index contributed by atoms with van der Waals surface area (Å²) in [6, 6.07) is 15.3. The maximum absolute atomic E-state index is 13.2. The lowest BCUT2D eigenvalue weighted by atomic mass is 10.2. The summed E-state index contributed by atoms with van der Waals surface area (Å²) < 4.78 is 18.3. The number of nitrogens with one attached hydrogen (secondary N) is 1. The topological polar surface area (TPSA) is 83.8 Å². The van der Waals surface area contributed by atoms with E-state index < -0.39 is 4.92 Å². The van der Waals surface area contributed by atoms with Gasteiger partial charge < -0.3 is 19.9 Å². The van der Waals surface area contributed by atoms with E-state index in [0.29, 0.717) is 6.54 Å². The molecular weight excluding hydrogens is 413 g/mol. The number of piperazine rings is 1. The van der Waals surface area contributed by atoms with Crippen molar-refractivity contribution < 1.29 is 14.1 Å². The summed E-state index contributed by atoms with van der Waals surface area (Å²) in [6.45, 7) is 3.85. The number of nitrogens with zero attached hydrogens (tertiary/aromatic N) is 4. The Labute approximate surface area is 185 Å². The fourth-order valence-corrected chi connectivity index (χ4v) is 3.73. The number of pyridine rings is 1. The molecule has 0 spiro atoms. The predicted octanol–water partition coefficient (Wildman–Crippen LogP) is 4.08. The van der Waals surface area contributed by atoms with Gasteiger partial charge in [0.2, 0.25) is 0 Å². The SMILES string of the molecule is COc1cc(NCc2ccnc(N3CCN(c4ccc(F)cc4)CC3)c2)ccc1[N+](=O)[O-]. The zero-order valence-corrected chi connectivity index (χ0v) is 17.7. The quantitative estimate of drug-likeness (QED) is 0.440. The molecule has 1 N–H and O–H groups in total. The Balaban J connectivity index is 1.37. The molecule has 4 rings (SSSR count). The summed E-state index contributed by atoms with van der Waals surface area (Å²) in [4.78, 5) is 19.6. The Bertz CT molecular complexity index is 1090. The number of rotatable bonds is 7. The van der Waals surface area contributed by atoms with Gasteiger partial charge in [0.15, 0.2) is 5.75 Å². The van der Waals surface area contributed by atoms with Gasteiger partial charge in [0, 0.05) is 62.4 Å². The van der Waals surface area contributed by atoms with Crippen LogP contribution in [0, 0.1) is 15.9 Å². The fraction of sp³-hybridized carbons (Fsp3) is 0.261. The summed E-state index contributed by atoms with van der Waals surface area (Å²) in [5.41, 5.74) is 2.74. The van der Waals surface area contributed by atoms with Crippen molar-refractivity contribution in [3.05, 3.63) is 82.3 Å². The third-order valence-corrected chi connectivity index (χ3v) is 5.48. The van der Waals surface area contributed by atoms with Crippen LogP contribution in [0.15, 0.2) is 60.8 Å². The number of ether oxygens (including phenoxy) is 1. The Hall–Kier alpha value is -3.88. The number of aromatic nitrogens is 1. The molecule has 1 aliphatic rings. The zero-order chi connectivity index (χ0) is 22.5. The van der Waals surface area contributed by atoms with Crippen LogP contribution in [0.4, 0.5) is 27.3 Å². The first kappa shape index (κ1) is 21.4. The van der Waals surface area contributed by atoms with E-state index in [9.17, 15) is 14.5 Å². The van der Waals surface area contributed by atoms with Crippen LogP contribution in [0.3, 0.4) is 0 Å². The van der Waals surface area contributed by atoms with E-state index in [0.717, 1.165) is 48.9 Å². The molecule has 1 fully saturated rings.